The third kappa shape index (κ3) is 2.82. The normalized spacial score (nSPS) is 17.3. The van der Waals surface area contributed by atoms with Crippen molar-refractivity contribution in [1.82, 2.24) is 4.90 Å². The molecule has 0 unspecified atom stereocenters. The van der Waals surface area contributed by atoms with E-state index in [-0.39, 0.29) is 0 Å². The Labute approximate surface area is 100.0 Å². The molecule has 86 valence electrons. The van der Waals surface area contributed by atoms with Crippen molar-refractivity contribution in [1.29, 1.82) is 0 Å². The van der Waals surface area contributed by atoms with Gasteiger partial charge in [-0.2, -0.15) is 0 Å². The zero-order chi connectivity index (χ0) is 11.4. The Balaban J connectivity index is 2.05. The molecule has 1 aromatic carbocycles. The first kappa shape index (κ1) is 11.6. The predicted octanol–water partition coefficient (Wildman–Crippen LogP) is 1.98. The van der Waals surface area contributed by atoms with Crippen molar-refractivity contribution < 1.29 is 9.53 Å². The van der Waals surface area contributed by atoms with Crippen LogP contribution in [0.4, 0.5) is 0 Å². The Hall–Kier alpha value is -0.900. The summed E-state index contributed by atoms with van der Waals surface area (Å²) in [6, 6.07) is 5.43. The average Bonchev–Trinajstić information content (AvgIpc) is 2.33. The molecule has 0 N–H and O–H groups in total. The Morgan fingerprint density at radius 3 is 2.75 bits per heavy atom. The number of ether oxygens (including phenoxy) is 1. The molecule has 0 bridgehead atoms. The third-order valence-electron chi connectivity index (χ3n) is 2.71. The Kier molecular flexibility index (Phi) is 3.93. The van der Waals surface area contributed by atoms with Gasteiger partial charge in [0.15, 0.2) is 0 Å². The minimum Gasteiger partial charge on any atom is -0.379 e. The van der Waals surface area contributed by atoms with E-state index >= 15 is 0 Å². The van der Waals surface area contributed by atoms with E-state index in [1.807, 2.05) is 6.07 Å². The van der Waals surface area contributed by atoms with Gasteiger partial charge in [0, 0.05) is 30.2 Å². The number of benzene rings is 1. The summed E-state index contributed by atoms with van der Waals surface area (Å²) in [5, 5.41) is 0.663. The van der Waals surface area contributed by atoms with Crippen molar-refractivity contribution in [3.8, 4) is 0 Å². The summed E-state index contributed by atoms with van der Waals surface area (Å²) >= 11 is 6.11. The minimum absolute atomic E-state index is 0.621. The second kappa shape index (κ2) is 5.43. The molecule has 4 heteroatoms. The van der Waals surface area contributed by atoms with Crippen molar-refractivity contribution in [3.05, 3.63) is 34.3 Å². The van der Waals surface area contributed by atoms with Crippen molar-refractivity contribution >= 4 is 17.9 Å². The number of rotatable bonds is 3. The predicted molar refractivity (Wildman–Crippen MR) is 62.9 cm³/mol. The number of hydrogen-bond acceptors (Lipinski definition) is 3. The molecule has 1 heterocycles. The smallest absolute Gasteiger partial charge is 0.150 e. The molecule has 2 rings (SSSR count). The molecule has 0 spiro atoms. The zero-order valence-electron chi connectivity index (χ0n) is 8.99. The van der Waals surface area contributed by atoms with Crippen LogP contribution in [0.25, 0.3) is 0 Å². The second-order valence-corrected chi connectivity index (χ2v) is 4.26. The zero-order valence-corrected chi connectivity index (χ0v) is 9.74. The van der Waals surface area contributed by atoms with E-state index in [0.29, 0.717) is 10.6 Å². The number of hydrogen-bond donors (Lipinski definition) is 0. The maximum absolute atomic E-state index is 10.6. The van der Waals surface area contributed by atoms with Crippen LogP contribution in [-0.4, -0.2) is 37.5 Å². The Morgan fingerprint density at radius 2 is 2.12 bits per heavy atom. The number of aldehydes is 1. The van der Waals surface area contributed by atoms with Crippen LogP contribution < -0.4 is 0 Å². The average molecular weight is 240 g/mol. The van der Waals surface area contributed by atoms with E-state index in [9.17, 15) is 4.79 Å². The van der Waals surface area contributed by atoms with E-state index in [2.05, 4.69) is 4.90 Å². The first-order valence-electron chi connectivity index (χ1n) is 5.33. The summed E-state index contributed by atoms with van der Waals surface area (Å²) in [4.78, 5) is 12.9. The van der Waals surface area contributed by atoms with E-state index in [0.717, 1.165) is 44.7 Å². The Morgan fingerprint density at radius 1 is 1.38 bits per heavy atom. The fraction of sp³-hybridized carbons (Fsp3) is 0.417. The fourth-order valence-electron chi connectivity index (χ4n) is 1.77. The van der Waals surface area contributed by atoms with Gasteiger partial charge >= 0.3 is 0 Å². The fourth-order valence-corrected chi connectivity index (χ4v) is 2.01. The topological polar surface area (TPSA) is 29.5 Å². The first-order valence-corrected chi connectivity index (χ1v) is 5.71. The molecular weight excluding hydrogens is 226 g/mol. The van der Waals surface area contributed by atoms with Gasteiger partial charge < -0.3 is 4.74 Å². The highest BCUT2D eigenvalue weighted by Gasteiger charge is 2.12. The maximum atomic E-state index is 10.6. The molecule has 3 nitrogen and oxygen atoms in total. The summed E-state index contributed by atoms with van der Waals surface area (Å²) < 4.78 is 5.28. The van der Waals surface area contributed by atoms with E-state index < -0.39 is 0 Å². The van der Waals surface area contributed by atoms with Gasteiger partial charge in [-0.25, -0.2) is 0 Å². The Bertz CT molecular complexity index is 375. The van der Waals surface area contributed by atoms with Crippen LogP contribution in [-0.2, 0) is 11.3 Å². The molecule has 0 aliphatic carbocycles. The van der Waals surface area contributed by atoms with Gasteiger partial charge in [-0.15, -0.1) is 0 Å². The molecule has 1 fully saturated rings. The monoisotopic (exact) mass is 239 g/mol. The maximum Gasteiger partial charge on any atom is 0.150 e. The van der Waals surface area contributed by atoms with Crippen LogP contribution in [0.2, 0.25) is 5.02 Å². The van der Waals surface area contributed by atoms with Gasteiger partial charge in [0.05, 0.1) is 13.2 Å². The van der Waals surface area contributed by atoms with Crippen LogP contribution in [0.15, 0.2) is 18.2 Å². The van der Waals surface area contributed by atoms with Gasteiger partial charge in [0.1, 0.15) is 6.29 Å². The van der Waals surface area contributed by atoms with Crippen molar-refractivity contribution in [3.63, 3.8) is 0 Å². The summed E-state index contributed by atoms with van der Waals surface area (Å²) in [6.45, 7) is 4.26. The molecule has 1 saturated heterocycles. The highest BCUT2D eigenvalue weighted by Crippen LogP contribution is 2.19. The quantitative estimate of drug-likeness (QED) is 0.756. The van der Waals surface area contributed by atoms with E-state index in [1.54, 1.807) is 12.1 Å². The molecule has 16 heavy (non-hydrogen) atoms. The number of nitrogens with zero attached hydrogens (tertiary/aromatic N) is 1. The summed E-state index contributed by atoms with van der Waals surface area (Å²) in [7, 11) is 0. The molecule has 0 radical (unpaired) electrons. The number of morpholine rings is 1. The molecular formula is C12H14ClNO2. The summed E-state index contributed by atoms with van der Waals surface area (Å²) in [5.41, 5.74) is 1.69. The standard InChI is InChI=1S/C12H14ClNO2/c13-12-7-10(9-15)1-2-11(12)8-14-3-5-16-6-4-14/h1-2,7,9H,3-6,8H2. The van der Waals surface area contributed by atoms with Gasteiger partial charge in [-0.05, 0) is 11.6 Å². The van der Waals surface area contributed by atoms with Crippen molar-refractivity contribution in [2.75, 3.05) is 26.3 Å². The van der Waals surface area contributed by atoms with Crippen LogP contribution in [0.3, 0.4) is 0 Å². The van der Waals surface area contributed by atoms with Crippen molar-refractivity contribution in [2.45, 2.75) is 6.54 Å². The highest BCUT2D eigenvalue weighted by molar-refractivity contribution is 6.31. The lowest BCUT2D eigenvalue weighted by Gasteiger charge is -2.26. The molecule has 1 aromatic rings. The third-order valence-corrected chi connectivity index (χ3v) is 3.06. The van der Waals surface area contributed by atoms with Crippen LogP contribution in [0.5, 0.6) is 0 Å². The number of halogens is 1. The number of carbonyl (C=O) groups is 1. The lowest BCUT2D eigenvalue weighted by atomic mass is 10.1. The molecule has 0 amide bonds. The number of carbonyl (C=O) groups excluding carboxylic acids is 1. The largest absolute Gasteiger partial charge is 0.379 e. The van der Waals surface area contributed by atoms with Crippen molar-refractivity contribution in [2.24, 2.45) is 0 Å². The van der Waals surface area contributed by atoms with E-state index in [4.69, 9.17) is 16.3 Å². The SMILES string of the molecule is O=Cc1ccc(CN2CCOCC2)c(Cl)c1. The molecule has 0 saturated carbocycles. The van der Waals surface area contributed by atoms with Gasteiger partial charge in [0.25, 0.3) is 0 Å². The lowest BCUT2D eigenvalue weighted by Crippen LogP contribution is -2.35. The van der Waals surface area contributed by atoms with Gasteiger partial charge in [0.2, 0.25) is 0 Å². The molecule has 0 atom stereocenters. The van der Waals surface area contributed by atoms with Crippen LogP contribution >= 0.6 is 11.6 Å². The highest BCUT2D eigenvalue weighted by atomic mass is 35.5. The second-order valence-electron chi connectivity index (χ2n) is 3.86. The lowest BCUT2D eigenvalue weighted by molar-refractivity contribution is 0.0342. The van der Waals surface area contributed by atoms with Crippen LogP contribution in [0.1, 0.15) is 15.9 Å². The summed E-state index contributed by atoms with van der Waals surface area (Å²) in [6.07, 6.45) is 0.810. The first-order chi connectivity index (χ1) is 7.79. The van der Waals surface area contributed by atoms with Crippen LogP contribution in [0, 0.1) is 0 Å². The minimum atomic E-state index is 0.621. The molecule has 1 aliphatic heterocycles. The van der Waals surface area contributed by atoms with Gasteiger partial charge in [-0.3, -0.25) is 9.69 Å². The summed E-state index contributed by atoms with van der Waals surface area (Å²) in [5.74, 6) is 0. The van der Waals surface area contributed by atoms with E-state index in [1.165, 1.54) is 0 Å². The molecule has 0 aromatic heterocycles. The van der Waals surface area contributed by atoms with Gasteiger partial charge in [-0.1, -0.05) is 23.7 Å². The molecule has 1 aliphatic rings.